The lowest BCUT2D eigenvalue weighted by molar-refractivity contribution is 0.0984. The number of carbonyl (C=O) groups excluding carboxylic acids is 1. The van der Waals surface area contributed by atoms with Gasteiger partial charge in [-0.1, -0.05) is 24.3 Å². The summed E-state index contributed by atoms with van der Waals surface area (Å²) < 4.78 is 5.15. The number of hydrogen-bond donors (Lipinski definition) is 1. The lowest BCUT2D eigenvalue weighted by Crippen LogP contribution is -2.10. The van der Waals surface area contributed by atoms with Gasteiger partial charge < -0.3 is 10.5 Å². The molecule has 4 nitrogen and oxygen atoms in total. The molecule has 1 heterocycles. The molecule has 0 unspecified atom stereocenters. The fourth-order valence-corrected chi connectivity index (χ4v) is 1.95. The molecule has 0 amide bonds. The number of benzene rings is 1. The van der Waals surface area contributed by atoms with Gasteiger partial charge >= 0.3 is 0 Å². The Hall–Kier alpha value is -2.20. The number of nitrogens with zero attached hydrogens (tertiary/aromatic N) is 1. The van der Waals surface area contributed by atoms with Gasteiger partial charge in [-0.3, -0.25) is 4.79 Å². The van der Waals surface area contributed by atoms with Crippen molar-refractivity contribution < 1.29 is 9.53 Å². The van der Waals surface area contributed by atoms with Crippen LogP contribution in [-0.2, 0) is 13.0 Å². The van der Waals surface area contributed by atoms with Gasteiger partial charge in [0.25, 0.3) is 0 Å². The van der Waals surface area contributed by atoms with Gasteiger partial charge in [-0.25, -0.2) is 4.98 Å². The summed E-state index contributed by atoms with van der Waals surface area (Å²) in [5.41, 5.74) is 7.94. The average molecular weight is 256 g/mol. The Kier molecular flexibility index (Phi) is 4.26. The zero-order chi connectivity index (χ0) is 13.7. The molecule has 0 aliphatic carbocycles. The lowest BCUT2D eigenvalue weighted by atomic mass is 10.0. The van der Waals surface area contributed by atoms with Crippen molar-refractivity contribution in [3.8, 4) is 5.75 Å². The van der Waals surface area contributed by atoms with E-state index in [-0.39, 0.29) is 12.2 Å². The molecule has 2 rings (SSSR count). The van der Waals surface area contributed by atoms with Crippen LogP contribution in [0.4, 0.5) is 0 Å². The van der Waals surface area contributed by atoms with E-state index in [1.165, 1.54) is 7.11 Å². The molecule has 1 aromatic carbocycles. The predicted molar refractivity (Wildman–Crippen MR) is 73.2 cm³/mol. The molecule has 0 radical (unpaired) electrons. The van der Waals surface area contributed by atoms with Crippen LogP contribution in [0.25, 0.3) is 0 Å². The highest BCUT2D eigenvalue weighted by molar-refractivity contribution is 5.98. The van der Waals surface area contributed by atoms with E-state index in [0.29, 0.717) is 18.0 Å². The molecule has 19 heavy (non-hydrogen) atoms. The lowest BCUT2D eigenvalue weighted by Gasteiger charge is -2.08. The summed E-state index contributed by atoms with van der Waals surface area (Å²) in [6, 6.07) is 11.1. The van der Waals surface area contributed by atoms with Crippen molar-refractivity contribution in [1.82, 2.24) is 4.98 Å². The number of Topliss-reactive ketones (excluding diaryl/α,β-unsaturated/α-hetero) is 1. The summed E-state index contributed by atoms with van der Waals surface area (Å²) >= 11 is 0. The van der Waals surface area contributed by atoms with Gasteiger partial charge in [0.05, 0.1) is 7.11 Å². The average Bonchev–Trinajstić information content (AvgIpc) is 2.47. The summed E-state index contributed by atoms with van der Waals surface area (Å²) in [7, 11) is 1.53. The summed E-state index contributed by atoms with van der Waals surface area (Å²) in [6.45, 7) is 0.419. The van der Waals surface area contributed by atoms with Crippen molar-refractivity contribution in [3.63, 3.8) is 0 Å². The molecule has 98 valence electrons. The number of ether oxygens (including phenoxy) is 1. The second-order valence-corrected chi connectivity index (χ2v) is 4.13. The number of methoxy groups -OCH3 is 1. The number of rotatable bonds is 5. The standard InChI is InChI=1S/C15H16N2O2/c1-19-14-7-4-8-17-15(14)13(18)9-11-5-2-3-6-12(11)10-16/h2-8H,9-10,16H2,1H3. The second kappa shape index (κ2) is 6.11. The maximum absolute atomic E-state index is 12.3. The monoisotopic (exact) mass is 256 g/mol. The van der Waals surface area contributed by atoms with E-state index in [4.69, 9.17) is 10.5 Å². The summed E-state index contributed by atoms with van der Waals surface area (Å²) in [4.78, 5) is 16.4. The smallest absolute Gasteiger partial charge is 0.189 e. The van der Waals surface area contributed by atoms with Crippen molar-refractivity contribution >= 4 is 5.78 Å². The Morgan fingerprint density at radius 2 is 1.95 bits per heavy atom. The topological polar surface area (TPSA) is 65.2 Å². The molecule has 0 saturated heterocycles. The maximum Gasteiger partial charge on any atom is 0.189 e. The highest BCUT2D eigenvalue weighted by Crippen LogP contribution is 2.18. The van der Waals surface area contributed by atoms with E-state index in [9.17, 15) is 4.79 Å². The van der Waals surface area contributed by atoms with Crippen LogP contribution < -0.4 is 10.5 Å². The van der Waals surface area contributed by atoms with E-state index < -0.39 is 0 Å². The molecule has 0 atom stereocenters. The number of carbonyl (C=O) groups is 1. The Labute approximate surface area is 112 Å². The largest absolute Gasteiger partial charge is 0.494 e. The first-order valence-corrected chi connectivity index (χ1v) is 6.05. The summed E-state index contributed by atoms with van der Waals surface area (Å²) in [5.74, 6) is 0.427. The van der Waals surface area contributed by atoms with Crippen molar-refractivity contribution in [2.24, 2.45) is 5.73 Å². The zero-order valence-corrected chi connectivity index (χ0v) is 10.8. The second-order valence-electron chi connectivity index (χ2n) is 4.13. The van der Waals surface area contributed by atoms with Gasteiger partial charge in [0, 0.05) is 19.2 Å². The molecule has 0 aliphatic heterocycles. The van der Waals surface area contributed by atoms with Gasteiger partial charge in [-0.05, 0) is 23.3 Å². The maximum atomic E-state index is 12.3. The Morgan fingerprint density at radius 3 is 2.63 bits per heavy atom. The first-order chi connectivity index (χ1) is 9.26. The van der Waals surface area contributed by atoms with Crippen LogP contribution in [0.2, 0.25) is 0 Å². The van der Waals surface area contributed by atoms with E-state index in [2.05, 4.69) is 4.98 Å². The minimum atomic E-state index is -0.0710. The molecule has 2 aromatic rings. The Balaban J connectivity index is 2.26. The van der Waals surface area contributed by atoms with Gasteiger partial charge in [-0.2, -0.15) is 0 Å². The van der Waals surface area contributed by atoms with Crippen LogP contribution in [-0.4, -0.2) is 17.9 Å². The number of hydrogen-bond acceptors (Lipinski definition) is 4. The molecule has 0 aliphatic rings. The minimum Gasteiger partial charge on any atom is -0.494 e. The number of nitrogens with two attached hydrogens (primary N) is 1. The molecular formula is C15H16N2O2. The number of aromatic nitrogens is 1. The Morgan fingerprint density at radius 1 is 1.21 bits per heavy atom. The van der Waals surface area contributed by atoms with Crippen LogP contribution in [0.15, 0.2) is 42.6 Å². The zero-order valence-electron chi connectivity index (χ0n) is 10.8. The molecule has 0 saturated carbocycles. The van der Waals surface area contributed by atoms with Gasteiger partial charge in [0.1, 0.15) is 11.4 Å². The number of ketones is 1. The predicted octanol–water partition coefficient (Wildman–Crippen LogP) is 1.97. The van der Waals surface area contributed by atoms with Gasteiger partial charge in [-0.15, -0.1) is 0 Å². The van der Waals surface area contributed by atoms with Crippen LogP contribution in [0.5, 0.6) is 5.75 Å². The molecule has 2 N–H and O–H groups in total. The highest BCUT2D eigenvalue weighted by atomic mass is 16.5. The fourth-order valence-electron chi connectivity index (χ4n) is 1.95. The first kappa shape index (κ1) is 13.2. The normalized spacial score (nSPS) is 10.2. The van der Waals surface area contributed by atoms with Crippen LogP contribution >= 0.6 is 0 Å². The quantitative estimate of drug-likeness (QED) is 0.831. The molecular weight excluding hydrogens is 240 g/mol. The highest BCUT2D eigenvalue weighted by Gasteiger charge is 2.15. The van der Waals surface area contributed by atoms with Crippen molar-refractivity contribution in [1.29, 1.82) is 0 Å². The molecule has 1 aromatic heterocycles. The van der Waals surface area contributed by atoms with E-state index in [1.54, 1.807) is 18.3 Å². The number of pyridine rings is 1. The third kappa shape index (κ3) is 2.98. The molecule has 0 spiro atoms. The van der Waals surface area contributed by atoms with Crippen molar-refractivity contribution in [2.45, 2.75) is 13.0 Å². The molecule has 0 bridgehead atoms. The van der Waals surface area contributed by atoms with E-state index >= 15 is 0 Å². The third-order valence-electron chi connectivity index (χ3n) is 2.94. The molecule has 4 heteroatoms. The molecule has 0 fully saturated rings. The fraction of sp³-hybridized carbons (Fsp3) is 0.200. The summed E-state index contributed by atoms with van der Waals surface area (Å²) in [6.07, 6.45) is 1.87. The van der Waals surface area contributed by atoms with Crippen molar-refractivity contribution in [3.05, 3.63) is 59.4 Å². The van der Waals surface area contributed by atoms with Gasteiger partial charge in [0.15, 0.2) is 5.78 Å². The Bertz CT molecular complexity index is 582. The van der Waals surface area contributed by atoms with Crippen LogP contribution in [0, 0.1) is 0 Å². The third-order valence-corrected chi connectivity index (χ3v) is 2.94. The van der Waals surface area contributed by atoms with E-state index in [0.717, 1.165) is 11.1 Å². The van der Waals surface area contributed by atoms with Gasteiger partial charge in [0.2, 0.25) is 0 Å². The van der Waals surface area contributed by atoms with Crippen LogP contribution in [0.1, 0.15) is 21.6 Å². The SMILES string of the molecule is COc1cccnc1C(=O)Cc1ccccc1CN. The van der Waals surface area contributed by atoms with E-state index in [1.807, 2.05) is 24.3 Å². The minimum absolute atomic E-state index is 0.0710. The summed E-state index contributed by atoms with van der Waals surface area (Å²) in [5, 5.41) is 0. The first-order valence-electron chi connectivity index (χ1n) is 6.05. The van der Waals surface area contributed by atoms with Crippen LogP contribution in [0.3, 0.4) is 0 Å². The van der Waals surface area contributed by atoms with Crippen molar-refractivity contribution in [2.75, 3.05) is 7.11 Å².